The number of hydrogen-bond donors (Lipinski definition) is 1. The van der Waals surface area contributed by atoms with Gasteiger partial charge in [0.25, 0.3) is 0 Å². The molecule has 0 saturated carbocycles. The van der Waals surface area contributed by atoms with Gasteiger partial charge in [0, 0.05) is 49.9 Å². The summed E-state index contributed by atoms with van der Waals surface area (Å²) in [5.41, 5.74) is 0. The predicted molar refractivity (Wildman–Crippen MR) is 115 cm³/mol. The van der Waals surface area contributed by atoms with Crippen molar-refractivity contribution in [3.63, 3.8) is 0 Å². The normalized spacial score (nSPS) is 15.9. The lowest BCUT2D eigenvalue weighted by Gasteiger charge is -2.36. The molecule has 136 valence electrons. The topological polar surface area (TPSA) is 56.7 Å². The molecule has 1 saturated heterocycles. The van der Waals surface area contributed by atoms with Crippen LogP contribution >= 0.6 is 35.7 Å². The first kappa shape index (κ1) is 21.3. The van der Waals surface area contributed by atoms with E-state index in [-0.39, 0.29) is 28.7 Å². The van der Waals surface area contributed by atoms with Gasteiger partial charge in [0.15, 0.2) is 5.96 Å². The van der Waals surface area contributed by atoms with E-state index < -0.39 is 0 Å². The first-order valence-corrected chi connectivity index (χ1v) is 9.38. The zero-order valence-electron chi connectivity index (χ0n) is 15.0. The lowest BCUT2D eigenvalue weighted by Crippen LogP contribution is -2.53. The number of halogens is 1. The molecule has 1 N–H and O–H groups in total. The molecule has 24 heavy (non-hydrogen) atoms. The molecule has 0 aliphatic carbocycles. The highest BCUT2D eigenvalue weighted by Crippen LogP contribution is 2.21. The molecule has 0 amide bonds. The van der Waals surface area contributed by atoms with Gasteiger partial charge in [-0.15, -0.1) is 24.0 Å². The van der Waals surface area contributed by atoms with Gasteiger partial charge in [0.1, 0.15) is 0 Å². The Balaban J connectivity index is 0.00000288. The number of aromatic nitrogens is 2. The molecule has 0 aromatic carbocycles. The minimum absolute atomic E-state index is 0. The van der Waals surface area contributed by atoms with E-state index >= 15 is 0 Å². The fraction of sp³-hybridized carbons (Fsp3) is 0.688. The van der Waals surface area contributed by atoms with Crippen LogP contribution in [0.1, 0.15) is 20.8 Å². The van der Waals surface area contributed by atoms with Crippen LogP contribution in [0.4, 0.5) is 5.95 Å². The van der Waals surface area contributed by atoms with Gasteiger partial charge in [-0.2, -0.15) is 11.8 Å². The van der Waals surface area contributed by atoms with Crippen LogP contribution in [0.2, 0.25) is 0 Å². The van der Waals surface area contributed by atoms with E-state index in [9.17, 15) is 0 Å². The maximum absolute atomic E-state index is 4.84. The summed E-state index contributed by atoms with van der Waals surface area (Å²) in [7, 11) is 0. The minimum Gasteiger partial charge on any atom is -0.357 e. The summed E-state index contributed by atoms with van der Waals surface area (Å²) >= 11 is 1.85. The van der Waals surface area contributed by atoms with Gasteiger partial charge in [-0.1, -0.05) is 0 Å². The summed E-state index contributed by atoms with van der Waals surface area (Å²) in [5.74, 6) is 1.83. The number of nitrogens with one attached hydrogen (secondary N) is 1. The Morgan fingerprint density at radius 1 is 1.25 bits per heavy atom. The minimum atomic E-state index is 0. The molecule has 8 heteroatoms. The van der Waals surface area contributed by atoms with Crippen LogP contribution < -0.4 is 10.2 Å². The van der Waals surface area contributed by atoms with Crippen molar-refractivity contribution in [2.75, 3.05) is 50.4 Å². The van der Waals surface area contributed by atoms with Crippen LogP contribution in [0.15, 0.2) is 23.5 Å². The van der Waals surface area contributed by atoms with Gasteiger partial charge < -0.3 is 15.1 Å². The molecule has 0 atom stereocenters. The number of guanidine groups is 1. The van der Waals surface area contributed by atoms with Gasteiger partial charge in [-0.05, 0) is 33.1 Å². The second-order valence-electron chi connectivity index (χ2n) is 6.16. The quantitative estimate of drug-likeness (QED) is 0.410. The average molecular weight is 464 g/mol. The fourth-order valence-corrected chi connectivity index (χ4v) is 2.52. The summed E-state index contributed by atoms with van der Waals surface area (Å²) in [4.78, 5) is 18.1. The first-order valence-electron chi connectivity index (χ1n) is 8.16. The molecule has 2 heterocycles. The Morgan fingerprint density at radius 3 is 2.42 bits per heavy atom. The van der Waals surface area contributed by atoms with Gasteiger partial charge in [-0.3, -0.25) is 4.99 Å². The van der Waals surface area contributed by atoms with E-state index in [1.807, 2.05) is 17.8 Å². The molecule has 6 nitrogen and oxygen atoms in total. The Labute approximate surface area is 166 Å². The Bertz CT molecular complexity index is 503. The predicted octanol–water partition coefficient (Wildman–Crippen LogP) is 2.32. The largest absolute Gasteiger partial charge is 0.357 e. The molecule has 1 fully saturated rings. The summed E-state index contributed by atoms with van der Waals surface area (Å²) in [5, 5.41) is 3.42. The van der Waals surface area contributed by atoms with Gasteiger partial charge in [-0.25, -0.2) is 9.97 Å². The second kappa shape index (κ2) is 10.3. The van der Waals surface area contributed by atoms with Gasteiger partial charge in [0.05, 0.1) is 6.54 Å². The molecule has 1 aromatic heterocycles. The highest BCUT2D eigenvalue weighted by Gasteiger charge is 2.22. The van der Waals surface area contributed by atoms with Crippen molar-refractivity contribution in [1.82, 2.24) is 20.2 Å². The third-order valence-corrected chi connectivity index (χ3v) is 5.15. The number of thioether (sulfide) groups is 1. The summed E-state index contributed by atoms with van der Waals surface area (Å²) < 4.78 is 0.167. The fourth-order valence-electron chi connectivity index (χ4n) is 2.33. The van der Waals surface area contributed by atoms with Crippen molar-refractivity contribution in [2.24, 2.45) is 4.99 Å². The van der Waals surface area contributed by atoms with Crippen molar-refractivity contribution in [2.45, 2.75) is 25.5 Å². The number of nitrogens with zero attached hydrogens (tertiary/aromatic N) is 5. The van der Waals surface area contributed by atoms with Crippen LogP contribution in [0.25, 0.3) is 0 Å². The lowest BCUT2D eigenvalue weighted by molar-refractivity contribution is 0.369. The van der Waals surface area contributed by atoms with E-state index in [0.717, 1.165) is 51.2 Å². The molecule has 1 aromatic rings. The van der Waals surface area contributed by atoms with Crippen LogP contribution in [-0.2, 0) is 0 Å². The standard InChI is InChI=1S/C16H28N6S.HI/c1-5-17-14(20-13-16(2,3)23-4)21-9-11-22(12-10-21)15-18-7-6-8-19-15;/h6-8H,5,9-13H2,1-4H3,(H,17,20);1H. The third-order valence-electron chi connectivity index (χ3n) is 3.91. The van der Waals surface area contributed by atoms with Gasteiger partial charge >= 0.3 is 0 Å². The molecular formula is C16H29IN6S. The maximum atomic E-state index is 4.84. The molecule has 2 rings (SSSR count). The number of aliphatic imine (C=N–C) groups is 1. The molecule has 0 unspecified atom stereocenters. The molecular weight excluding hydrogens is 435 g/mol. The van der Waals surface area contributed by atoms with Crippen LogP contribution in [0.3, 0.4) is 0 Å². The third kappa shape index (κ3) is 6.27. The maximum Gasteiger partial charge on any atom is 0.225 e. The Hall–Kier alpha value is -0.770. The zero-order valence-corrected chi connectivity index (χ0v) is 18.2. The van der Waals surface area contributed by atoms with E-state index in [1.54, 1.807) is 12.4 Å². The van der Waals surface area contributed by atoms with Crippen molar-refractivity contribution in [1.29, 1.82) is 0 Å². The van der Waals surface area contributed by atoms with E-state index in [2.05, 4.69) is 52.1 Å². The second-order valence-corrected chi connectivity index (χ2v) is 7.67. The molecule has 0 bridgehead atoms. The van der Waals surface area contributed by atoms with Crippen molar-refractivity contribution >= 4 is 47.6 Å². The SMILES string of the molecule is CCNC(=NCC(C)(C)SC)N1CCN(c2ncccn2)CC1.I. The van der Waals surface area contributed by atoms with E-state index in [4.69, 9.17) is 4.99 Å². The lowest BCUT2D eigenvalue weighted by atomic mass is 10.2. The van der Waals surface area contributed by atoms with Crippen LogP contribution in [-0.4, -0.2) is 71.1 Å². The van der Waals surface area contributed by atoms with Crippen molar-refractivity contribution in [3.8, 4) is 0 Å². The smallest absolute Gasteiger partial charge is 0.225 e. The van der Waals surface area contributed by atoms with E-state index in [1.165, 1.54) is 0 Å². The van der Waals surface area contributed by atoms with Crippen molar-refractivity contribution in [3.05, 3.63) is 18.5 Å². The highest BCUT2D eigenvalue weighted by atomic mass is 127. The molecule has 1 aliphatic rings. The van der Waals surface area contributed by atoms with Crippen LogP contribution in [0.5, 0.6) is 0 Å². The number of piperazine rings is 1. The number of anilines is 1. The van der Waals surface area contributed by atoms with Crippen molar-refractivity contribution < 1.29 is 0 Å². The summed E-state index contributed by atoms with van der Waals surface area (Å²) in [6, 6.07) is 1.85. The monoisotopic (exact) mass is 464 g/mol. The zero-order chi connectivity index (χ0) is 16.7. The van der Waals surface area contributed by atoms with Gasteiger partial charge in [0.2, 0.25) is 5.95 Å². The number of hydrogen-bond acceptors (Lipinski definition) is 5. The summed E-state index contributed by atoms with van der Waals surface area (Å²) in [6.45, 7) is 12.0. The Kier molecular flexibility index (Phi) is 9.11. The molecule has 1 aliphatic heterocycles. The highest BCUT2D eigenvalue weighted by molar-refractivity contribution is 14.0. The van der Waals surface area contributed by atoms with E-state index in [0.29, 0.717) is 0 Å². The van der Waals surface area contributed by atoms with Crippen LogP contribution in [0, 0.1) is 0 Å². The molecule has 0 spiro atoms. The first-order chi connectivity index (χ1) is 11.1. The Morgan fingerprint density at radius 2 is 1.88 bits per heavy atom. The summed E-state index contributed by atoms with van der Waals surface area (Å²) in [6.07, 6.45) is 5.73. The average Bonchev–Trinajstić information content (AvgIpc) is 2.59. The number of rotatable bonds is 5. The molecule has 0 radical (unpaired) electrons.